The number of nitrogens with one attached hydrogen (secondary N) is 2. The minimum atomic E-state index is -0.352. The number of para-hydroxylation sites is 1. The van der Waals surface area contributed by atoms with Crippen LogP contribution in [0.5, 0.6) is 0 Å². The second kappa shape index (κ2) is 6.32. The molecule has 4 aromatic carbocycles. The summed E-state index contributed by atoms with van der Waals surface area (Å²) in [5.41, 5.74) is 5.99. The second-order valence-electron chi connectivity index (χ2n) is 7.95. The van der Waals surface area contributed by atoms with E-state index in [1.807, 2.05) is 12.1 Å². The topological polar surface area (TPSA) is 67.2 Å². The Morgan fingerprint density at radius 2 is 1.47 bits per heavy atom. The lowest BCUT2D eigenvalue weighted by Crippen LogP contribution is -2.30. The van der Waals surface area contributed by atoms with Crippen molar-refractivity contribution in [2.24, 2.45) is 0 Å². The van der Waals surface area contributed by atoms with Gasteiger partial charge in [-0.05, 0) is 34.0 Å². The average molecular weight is 393 g/mol. The van der Waals surface area contributed by atoms with Gasteiger partial charge in [-0.15, -0.1) is 0 Å². The van der Waals surface area contributed by atoms with Gasteiger partial charge in [-0.1, -0.05) is 60.7 Å². The predicted molar refractivity (Wildman–Crippen MR) is 119 cm³/mol. The van der Waals surface area contributed by atoms with Crippen molar-refractivity contribution >= 4 is 27.8 Å². The van der Waals surface area contributed by atoms with Gasteiger partial charge in [0.15, 0.2) is 0 Å². The van der Waals surface area contributed by atoms with Crippen LogP contribution in [0.15, 0.2) is 84.9 Å². The fourth-order valence-corrected chi connectivity index (χ4v) is 5.09. The van der Waals surface area contributed by atoms with Crippen molar-refractivity contribution in [3.63, 3.8) is 0 Å². The summed E-state index contributed by atoms with van der Waals surface area (Å²) in [4.78, 5) is 10.8. The Morgan fingerprint density at radius 3 is 2.30 bits per heavy atom. The van der Waals surface area contributed by atoms with E-state index in [4.69, 9.17) is 0 Å². The molecular formula is C25H19N3O2. The van der Waals surface area contributed by atoms with Gasteiger partial charge in [0.1, 0.15) is 0 Å². The van der Waals surface area contributed by atoms with Crippen LogP contribution in [0.25, 0.3) is 10.8 Å². The van der Waals surface area contributed by atoms with E-state index in [0.717, 1.165) is 16.9 Å². The molecule has 0 saturated heterocycles. The molecule has 146 valence electrons. The molecule has 4 aromatic rings. The molecular weight excluding hydrogens is 374 g/mol. The molecule has 0 bridgehead atoms. The quantitative estimate of drug-likeness (QED) is 0.316. The fraction of sp³-hybridized carbons (Fsp3) is 0.120. The number of rotatable bonds is 2. The van der Waals surface area contributed by atoms with Crippen LogP contribution in [0.2, 0.25) is 0 Å². The highest BCUT2D eigenvalue weighted by molar-refractivity contribution is 5.92. The molecule has 0 fully saturated rings. The van der Waals surface area contributed by atoms with Crippen LogP contribution in [-0.4, -0.2) is 4.92 Å². The summed E-state index contributed by atoms with van der Waals surface area (Å²) >= 11 is 0. The van der Waals surface area contributed by atoms with Gasteiger partial charge in [0, 0.05) is 35.0 Å². The zero-order valence-corrected chi connectivity index (χ0v) is 16.1. The first-order valence-electron chi connectivity index (χ1n) is 10.1. The molecule has 0 aliphatic carbocycles. The number of nitro benzene ring substituents is 1. The van der Waals surface area contributed by atoms with E-state index >= 15 is 0 Å². The lowest BCUT2D eigenvalue weighted by Gasteiger charge is -2.38. The van der Waals surface area contributed by atoms with E-state index in [9.17, 15) is 10.1 Å². The minimum absolute atomic E-state index is 0.0145. The molecule has 2 aliphatic rings. The number of nitro groups is 1. The molecule has 0 saturated carbocycles. The standard InChI is InChI=1S/C25H19N3O2/c29-28(30)17-12-9-16(10-13-17)24-23-19-7-3-4-8-20(19)26-25(23)22-18-6-2-1-5-15(18)11-14-21(22)27-24/h1-14,23-27H/t23-,24-,25+/m1/s1. The van der Waals surface area contributed by atoms with Gasteiger partial charge in [-0.25, -0.2) is 0 Å². The lowest BCUT2D eigenvalue weighted by molar-refractivity contribution is -0.384. The molecule has 30 heavy (non-hydrogen) atoms. The van der Waals surface area contributed by atoms with Crippen molar-refractivity contribution in [1.29, 1.82) is 0 Å². The molecule has 5 heteroatoms. The highest BCUT2D eigenvalue weighted by Gasteiger charge is 2.44. The molecule has 2 aliphatic heterocycles. The molecule has 5 nitrogen and oxygen atoms in total. The summed E-state index contributed by atoms with van der Waals surface area (Å²) in [6.07, 6.45) is 0. The Morgan fingerprint density at radius 1 is 0.733 bits per heavy atom. The summed E-state index contributed by atoms with van der Waals surface area (Å²) < 4.78 is 0. The van der Waals surface area contributed by atoms with Gasteiger partial charge in [0.25, 0.3) is 5.69 Å². The monoisotopic (exact) mass is 393 g/mol. The highest BCUT2D eigenvalue weighted by atomic mass is 16.6. The number of hydrogen-bond acceptors (Lipinski definition) is 4. The van der Waals surface area contributed by atoms with Gasteiger partial charge in [0.2, 0.25) is 0 Å². The van der Waals surface area contributed by atoms with Crippen LogP contribution < -0.4 is 10.6 Å². The zero-order valence-electron chi connectivity index (χ0n) is 16.1. The average Bonchev–Trinajstić information content (AvgIpc) is 3.18. The minimum Gasteiger partial charge on any atom is -0.377 e. The van der Waals surface area contributed by atoms with Gasteiger partial charge >= 0.3 is 0 Å². The Kier molecular flexibility index (Phi) is 3.59. The SMILES string of the molecule is O=[N+]([O-])c1ccc([C@H]2Nc3ccc4ccccc4c3[C@@H]3Nc4ccccc4[C@H]23)cc1. The summed E-state index contributed by atoms with van der Waals surface area (Å²) in [7, 11) is 0. The third kappa shape index (κ3) is 2.42. The van der Waals surface area contributed by atoms with Crippen molar-refractivity contribution in [2.45, 2.75) is 18.0 Å². The summed E-state index contributed by atoms with van der Waals surface area (Å²) in [6.45, 7) is 0. The zero-order chi connectivity index (χ0) is 20.2. The highest BCUT2D eigenvalue weighted by Crippen LogP contribution is 2.56. The Balaban J connectivity index is 1.55. The van der Waals surface area contributed by atoms with Crippen LogP contribution in [0.1, 0.15) is 34.7 Å². The smallest absolute Gasteiger partial charge is 0.269 e. The fourth-order valence-electron chi connectivity index (χ4n) is 5.09. The van der Waals surface area contributed by atoms with Crippen molar-refractivity contribution in [3.05, 3.63) is 112 Å². The first kappa shape index (κ1) is 17.0. The predicted octanol–water partition coefficient (Wildman–Crippen LogP) is 6.17. The van der Waals surface area contributed by atoms with E-state index in [0.29, 0.717) is 0 Å². The third-order valence-electron chi connectivity index (χ3n) is 6.40. The van der Waals surface area contributed by atoms with Gasteiger partial charge in [-0.3, -0.25) is 10.1 Å². The van der Waals surface area contributed by atoms with Gasteiger partial charge < -0.3 is 10.6 Å². The number of benzene rings is 4. The molecule has 0 spiro atoms. The van der Waals surface area contributed by atoms with E-state index in [2.05, 4.69) is 71.3 Å². The maximum absolute atomic E-state index is 11.1. The molecule has 0 radical (unpaired) electrons. The summed E-state index contributed by atoms with van der Waals surface area (Å²) in [5.74, 6) is 0.181. The number of anilines is 2. The molecule has 2 N–H and O–H groups in total. The van der Waals surface area contributed by atoms with Crippen molar-refractivity contribution in [3.8, 4) is 0 Å². The van der Waals surface area contributed by atoms with Crippen LogP contribution in [0.4, 0.5) is 17.1 Å². The van der Waals surface area contributed by atoms with Crippen LogP contribution in [-0.2, 0) is 0 Å². The Bertz CT molecular complexity index is 1300. The number of non-ortho nitro benzene ring substituents is 1. The van der Waals surface area contributed by atoms with Crippen molar-refractivity contribution in [2.75, 3.05) is 10.6 Å². The third-order valence-corrected chi connectivity index (χ3v) is 6.40. The van der Waals surface area contributed by atoms with Crippen molar-refractivity contribution < 1.29 is 4.92 Å². The van der Waals surface area contributed by atoms with E-state index in [1.165, 1.54) is 21.9 Å². The Hall–Kier alpha value is -3.86. The first-order valence-corrected chi connectivity index (χ1v) is 10.1. The van der Waals surface area contributed by atoms with Gasteiger partial charge in [0.05, 0.1) is 17.0 Å². The molecule has 0 amide bonds. The largest absolute Gasteiger partial charge is 0.377 e. The maximum Gasteiger partial charge on any atom is 0.269 e. The molecule has 6 rings (SSSR count). The summed E-state index contributed by atoms with van der Waals surface area (Å²) in [5, 5.41) is 21.1. The van der Waals surface area contributed by atoms with E-state index < -0.39 is 0 Å². The number of nitrogens with zero attached hydrogens (tertiary/aromatic N) is 1. The molecule has 3 atom stereocenters. The van der Waals surface area contributed by atoms with Crippen molar-refractivity contribution in [1.82, 2.24) is 0 Å². The van der Waals surface area contributed by atoms with Crippen LogP contribution in [0.3, 0.4) is 0 Å². The second-order valence-corrected chi connectivity index (χ2v) is 7.95. The van der Waals surface area contributed by atoms with Crippen LogP contribution >= 0.6 is 0 Å². The summed E-state index contributed by atoms with van der Waals surface area (Å²) in [6, 6.07) is 28.3. The molecule has 0 aromatic heterocycles. The Labute approximate surface area is 173 Å². The molecule has 0 unspecified atom stereocenters. The van der Waals surface area contributed by atoms with Gasteiger partial charge in [-0.2, -0.15) is 0 Å². The number of fused-ring (bicyclic) bond motifs is 7. The maximum atomic E-state index is 11.1. The normalized spacial score (nSPS) is 21.1. The lowest BCUT2D eigenvalue weighted by atomic mass is 9.77. The molecule has 2 heterocycles. The first-order chi connectivity index (χ1) is 14.7. The number of hydrogen-bond donors (Lipinski definition) is 2. The van der Waals surface area contributed by atoms with E-state index in [1.54, 1.807) is 12.1 Å². The van der Waals surface area contributed by atoms with E-state index in [-0.39, 0.29) is 28.6 Å². The van der Waals surface area contributed by atoms with Crippen LogP contribution in [0, 0.1) is 10.1 Å².